The van der Waals surface area contributed by atoms with Gasteiger partial charge in [0, 0.05) is 12.1 Å². The molecule has 1 aromatic carbocycles. The Morgan fingerprint density at radius 2 is 1.78 bits per heavy atom. The van der Waals surface area contributed by atoms with Crippen LogP contribution in [0.2, 0.25) is 0 Å². The van der Waals surface area contributed by atoms with Crippen molar-refractivity contribution in [1.29, 1.82) is 0 Å². The Bertz CT molecular complexity index is 670. The molecular formula is C16H18ClN2NaO3. The van der Waals surface area contributed by atoms with Crippen LogP contribution in [0.4, 0.5) is 0 Å². The van der Waals surface area contributed by atoms with Crippen LogP contribution >= 0.6 is 0 Å². The fraction of sp³-hybridized carbons (Fsp3) is 0.250. The van der Waals surface area contributed by atoms with Crippen molar-refractivity contribution in [3.05, 3.63) is 53.2 Å². The molecule has 0 spiro atoms. The van der Waals surface area contributed by atoms with E-state index in [2.05, 4.69) is 4.98 Å². The van der Waals surface area contributed by atoms with Gasteiger partial charge in [-0.05, 0) is 31.5 Å². The number of nitrogens with zero attached hydrogens (tertiary/aromatic N) is 1. The van der Waals surface area contributed by atoms with Crippen LogP contribution < -0.4 is 47.7 Å². The third-order valence-corrected chi connectivity index (χ3v) is 3.18. The van der Waals surface area contributed by atoms with E-state index < -0.39 is 11.6 Å². The van der Waals surface area contributed by atoms with E-state index in [1.54, 1.807) is 13.8 Å². The number of aliphatic hydroxyl groups is 1. The molecule has 0 saturated carbocycles. The Hall–Kier alpha value is -0.950. The minimum absolute atomic E-state index is 0. The zero-order chi connectivity index (χ0) is 15.6. The monoisotopic (exact) mass is 344 g/mol. The molecule has 0 unspecified atom stereocenters. The van der Waals surface area contributed by atoms with Crippen molar-refractivity contribution in [2.45, 2.75) is 26.0 Å². The topological polar surface area (TPSA) is 96.4 Å². The zero-order valence-electron chi connectivity index (χ0n) is 13.4. The molecule has 7 heteroatoms. The van der Waals surface area contributed by atoms with E-state index in [0.29, 0.717) is 17.9 Å². The van der Waals surface area contributed by atoms with E-state index in [4.69, 9.17) is 5.73 Å². The first-order chi connectivity index (χ1) is 9.81. The van der Waals surface area contributed by atoms with Gasteiger partial charge in [0.25, 0.3) is 0 Å². The van der Waals surface area contributed by atoms with Crippen molar-refractivity contribution in [2.24, 2.45) is 5.73 Å². The normalized spacial score (nSPS) is 10.4. The molecule has 2 aromatic rings. The van der Waals surface area contributed by atoms with Gasteiger partial charge < -0.3 is 28.4 Å². The smallest absolute Gasteiger partial charge is 1.00 e. The number of aromatic nitrogens is 1. The maximum atomic E-state index is 11.2. The van der Waals surface area contributed by atoms with Gasteiger partial charge in [-0.3, -0.25) is 0 Å². The number of nitrogens with two attached hydrogens (primary N) is 1. The molecule has 1 heterocycles. The second-order valence-corrected chi connectivity index (χ2v) is 5.39. The van der Waals surface area contributed by atoms with Crippen molar-refractivity contribution in [3.8, 4) is 11.3 Å². The molecule has 0 radical (unpaired) electrons. The Morgan fingerprint density at radius 3 is 2.22 bits per heavy atom. The van der Waals surface area contributed by atoms with Crippen LogP contribution in [0.1, 0.15) is 35.5 Å². The van der Waals surface area contributed by atoms with Gasteiger partial charge in [0.2, 0.25) is 0 Å². The van der Waals surface area contributed by atoms with Crippen LogP contribution in [0, 0.1) is 0 Å². The van der Waals surface area contributed by atoms with Gasteiger partial charge in [-0.1, -0.05) is 24.3 Å². The van der Waals surface area contributed by atoms with E-state index in [0.717, 1.165) is 11.1 Å². The number of pyridine rings is 1. The Morgan fingerprint density at radius 1 is 1.22 bits per heavy atom. The third kappa shape index (κ3) is 5.57. The molecule has 0 atom stereocenters. The second kappa shape index (κ2) is 8.78. The first-order valence-corrected chi connectivity index (χ1v) is 6.59. The second-order valence-electron chi connectivity index (χ2n) is 5.39. The molecule has 2 rings (SSSR count). The van der Waals surface area contributed by atoms with Crippen LogP contribution in [0.25, 0.3) is 11.3 Å². The summed E-state index contributed by atoms with van der Waals surface area (Å²) < 4.78 is 0. The Balaban J connectivity index is 0.00000242. The quantitative estimate of drug-likeness (QED) is 0.493. The van der Waals surface area contributed by atoms with Crippen molar-refractivity contribution in [3.63, 3.8) is 0 Å². The van der Waals surface area contributed by atoms with Crippen molar-refractivity contribution < 1.29 is 57.0 Å². The minimum Gasteiger partial charge on any atom is -1.00 e. The maximum absolute atomic E-state index is 11.2. The van der Waals surface area contributed by atoms with E-state index in [-0.39, 0.29) is 47.5 Å². The summed E-state index contributed by atoms with van der Waals surface area (Å²) in [6, 6.07) is 10.3. The molecule has 5 nitrogen and oxygen atoms in total. The molecule has 0 aliphatic rings. The van der Waals surface area contributed by atoms with E-state index in [9.17, 15) is 15.0 Å². The number of hydrogen-bond acceptors (Lipinski definition) is 4. The third-order valence-electron chi connectivity index (χ3n) is 3.18. The first kappa shape index (κ1) is 22.1. The summed E-state index contributed by atoms with van der Waals surface area (Å²) in [4.78, 5) is 15.6. The SMILES string of the molecule is CC(C)(O)c1cc(C(=O)O)cc(-c2ccc(CN)cc2)n1.[Cl-].[Na+]. The minimum atomic E-state index is -1.21. The zero-order valence-corrected chi connectivity index (χ0v) is 16.1. The average Bonchev–Trinajstić information content (AvgIpc) is 2.46. The van der Waals surface area contributed by atoms with Crippen LogP contribution in [0.15, 0.2) is 36.4 Å². The molecule has 23 heavy (non-hydrogen) atoms. The van der Waals surface area contributed by atoms with Gasteiger partial charge in [0.15, 0.2) is 0 Å². The predicted molar refractivity (Wildman–Crippen MR) is 79.8 cm³/mol. The Kier molecular flexibility index (Phi) is 8.41. The van der Waals surface area contributed by atoms with Gasteiger partial charge >= 0.3 is 35.5 Å². The maximum Gasteiger partial charge on any atom is 1.00 e. The van der Waals surface area contributed by atoms with Gasteiger partial charge in [-0.15, -0.1) is 0 Å². The van der Waals surface area contributed by atoms with Crippen LogP contribution in [-0.4, -0.2) is 21.2 Å². The van der Waals surface area contributed by atoms with Gasteiger partial charge in [-0.2, -0.15) is 0 Å². The van der Waals surface area contributed by atoms with Crippen LogP contribution in [-0.2, 0) is 12.1 Å². The summed E-state index contributed by atoms with van der Waals surface area (Å²) >= 11 is 0. The summed E-state index contributed by atoms with van der Waals surface area (Å²) in [5.74, 6) is -1.05. The Labute approximate surface area is 163 Å². The number of carboxylic acid groups (broad SMARTS) is 1. The van der Waals surface area contributed by atoms with Gasteiger partial charge in [-0.25, -0.2) is 9.78 Å². The molecule has 0 aliphatic heterocycles. The summed E-state index contributed by atoms with van der Waals surface area (Å²) in [6.07, 6.45) is 0. The molecule has 118 valence electrons. The van der Waals surface area contributed by atoms with Gasteiger partial charge in [0.1, 0.15) is 5.60 Å². The standard InChI is InChI=1S/C16H18N2O3.ClH.Na/c1-16(2,21)14-8-12(15(19)20)7-13(18-14)11-5-3-10(9-17)4-6-11;;/h3-8,21H,9,17H2,1-2H3,(H,19,20);1H;/q;;+1/p-1. The van der Waals surface area contributed by atoms with Gasteiger partial charge in [0.05, 0.1) is 17.0 Å². The molecular weight excluding hydrogens is 327 g/mol. The number of hydrogen-bond donors (Lipinski definition) is 3. The predicted octanol–water partition coefficient (Wildman–Crippen LogP) is -3.86. The van der Waals surface area contributed by atoms with Crippen molar-refractivity contribution in [1.82, 2.24) is 4.98 Å². The molecule has 0 aliphatic carbocycles. The number of rotatable bonds is 4. The van der Waals surface area contributed by atoms with E-state index in [1.165, 1.54) is 12.1 Å². The number of halogens is 1. The van der Waals surface area contributed by atoms with E-state index in [1.807, 2.05) is 24.3 Å². The van der Waals surface area contributed by atoms with E-state index >= 15 is 0 Å². The molecule has 0 fully saturated rings. The number of aromatic carboxylic acids is 1. The number of carboxylic acids is 1. The number of benzene rings is 1. The fourth-order valence-electron chi connectivity index (χ4n) is 1.93. The molecule has 4 N–H and O–H groups in total. The molecule has 0 saturated heterocycles. The van der Waals surface area contributed by atoms with Crippen LogP contribution in [0.5, 0.6) is 0 Å². The summed E-state index contributed by atoms with van der Waals surface area (Å²) in [6.45, 7) is 3.59. The largest absolute Gasteiger partial charge is 1.00 e. The molecule has 1 aromatic heterocycles. The van der Waals surface area contributed by atoms with Crippen LogP contribution in [0.3, 0.4) is 0 Å². The number of carbonyl (C=O) groups is 1. The average molecular weight is 345 g/mol. The molecule has 0 bridgehead atoms. The van der Waals surface area contributed by atoms with Crippen molar-refractivity contribution in [2.75, 3.05) is 0 Å². The fourth-order valence-corrected chi connectivity index (χ4v) is 1.93. The van der Waals surface area contributed by atoms with Crippen molar-refractivity contribution >= 4 is 5.97 Å². The summed E-state index contributed by atoms with van der Waals surface area (Å²) in [5.41, 5.74) is 7.03. The summed E-state index contributed by atoms with van der Waals surface area (Å²) in [7, 11) is 0. The molecule has 0 amide bonds. The summed E-state index contributed by atoms with van der Waals surface area (Å²) in [5, 5.41) is 19.3. The first-order valence-electron chi connectivity index (χ1n) is 6.59.